The molecule has 0 aliphatic carbocycles. The van der Waals surface area contributed by atoms with Gasteiger partial charge in [0.1, 0.15) is 11.5 Å². The van der Waals surface area contributed by atoms with Crippen LogP contribution in [0, 0.1) is 13.8 Å². The van der Waals surface area contributed by atoms with E-state index in [0.717, 1.165) is 22.6 Å². The molecule has 0 bridgehead atoms. The zero-order valence-corrected chi connectivity index (χ0v) is 11.2. The number of furan rings is 1. The van der Waals surface area contributed by atoms with Gasteiger partial charge in [0.25, 0.3) is 5.89 Å². The van der Waals surface area contributed by atoms with Crippen molar-refractivity contribution >= 4 is 11.6 Å². The van der Waals surface area contributed by atoms with Gasteiger partial charge in [-0.25, -0.2) is 0 Å². The summed E-state index contributed by atoms with van der Waals surface area (Å²) < 4.78 is 11.1. The van der Waals surface area contributed by atoms with Crippen LogP contribution >= 0.6 is 11.6 Å². The Labute approximate surface area is 115 Å². The van der Waals surface area contributed by atoms with E-state index in [1.807, 2.05) is 37.3 Å². The largest absolute Gasteiger partial charge is 0.461 e. The second kappa shape index (κ2) is 4.55. The topological polar surface area (TPSA) is 52.1 Å². The van der Waals surface area contributed by atoms with Crippen molar-refractivity contribution in [1.29, 1.82) is 0 Å². The van der Waals surface area contributed by atoms with E-state index in [-0.39, 0.29) is 0 Å². The molecule has 0 saturated carbocycles. The summed E-state index contributed by atoms with van der Waals surface area (Å²) in [6.07, 6.45) is 0. The lowest BCUT2D eigenvalue weighted by atomic mass is 10.1. The van der Waals surface area contributed by atoms with E-state index >= 15 is 0 Å². The standard InChI is InChI=1S/C14H11ClN2O2/c1-8-12(14-17-16-9(2)19-14)7-13(18-8)10-3-5-11(15)6-4-10/h3-7H,1-2H3. The summed E-state index contributed by atoms with van der Waals surface area (Å²) in [6.45, 7) is 3.63. The molecule has 0 aliphatic rings. The molecule has 0 unspecified atom stereocenters. The Hall–Kier alpha value is -2.07. The van der Waals surface area contributed by atoms with Crippen LogP contribution in [-0.4, -0.2) is 10.2 Å². The molecule has 0 spiro atoms. The SMILES string of the molecule is Cc1nnc(-c2cc(-c3ccc(Cl)cc3)oc2C)o1. The first-order chi connectivity index (χ1) is 9.13. The summed E-state index contributed by atoms with van der Waals surface area (Å²) >= 11 is 5.87. The lowest BCUT2D eigenvalue weighted by Gasteiger charge is -1.95. The highest BCUT2D eigenvalue weighted by molar-refractivity contribution is 6.30. The molecule has 0 saturated heterocycles. The fourth-order valence-corrected chi connectivity index (χ4v) is 1.98. The maximum absolute atomic E-state index is 5.87. The van der Waals surface area contributed by atoms with Crippen LogP contribution in [0.4, 0.5) is 0 Å². The average molecular weight is 275 g/mol. The number of rotatable bonds is 2. The van der Waals surface area contributed by atoms with Crippen molar-refractivity contribution in [2.45, 2.75) is 13.8 Å². The zero-order chi connectivity index (χ0) is 13.4. The molecule has 3 rings (SSSR count). The summed E-state index contributed by atoms with van der Waals surface area (Å²) in [6, 6.07) is 9.36. The molecule has 3 aromatic rings. The minimum atomic E-state index is 0.471. The van der Waals surface area contributed by atoms with Gasteiger partial charge >= 0.3 is 0 Å². The van der Waals surface area contributed by atoms with Crippen molar-refractivity contribution in [3.05, 3.63) is 47.0 Å². The van der Waals surface area contributed by atoms with E-state index in [4.69, 9.17) is 20.4 Å². The predicted molar refractivity (Wildman–Crippen MR) is 71.9 cm³/mol. The number of nitrogens with zero attached hydrogens (tertiary/aromatic N) is 2. The number of halogens is 1. The molecular weight excluding hydrogens is 264 g/mol. The van der Waals surface area contributed by atoms with Gasteiger partial charge in [0.2, 0.25) is 5.89 Å². The van der Waals surface area contributed by atoms with Gasteiger partial charge in [0.05, 0.1) is 5.56 Å². The molecule has 19 heavy (non-hydrogen) atoms. The minimum absolute atomic E-state index is 0.471. The van der Waals surface area contributed by atoms with E-state index in [1.165, 1.54) is 0 Å². The van der Waals surface area contributed by atoms with Crippen LogP contribution in [-0.2, 0) is 0 Å². The number of aromatic nitrogens is 2. The summed E-state index contributed by atoms with van der Waals surface area (Å²) in [4.78, 5) is 0. The smallest absolute Gasteiger partial charge is 0.251 e. The van der Waals surface area contributed by atoms with E-state index in [1.54, 1.807) is 6.92 Å². The van der Waals surface area contributed by atoms with Crippen molar-refractivity contribution in [3.8, 4) is 22.8 Å². The predicted octanol–water partition coefficient (Wildman–Crippen LogP) is 4.27. The minimum Gasteiger partial charge on any atom is -0.461 e. The van der Waals surface area contributed by atoms with Crippen LogP contribution in [0.25, 0.3) is 22.8 Å². The summed E-state index contributed by atoms with van der Waals surface area (Å²) in [5, 5.41) is 8.52. The van der Waals surface area contributed by atoms with Crippen molar-refractivity contribution in [1.82, 2.24) is 10.2 Å². The fourth-order valence-electron chi connectivity index (χ4n) is 1.86. The Bertz CT molecular complexity index is 713. The monoisotopic (exact) mass is 274 g/mol. The van der Waals surface area contributed by atoms with Gasteiger partial charge in [-0.1, -0.05) is 11.6 Å². The molecule has 0 N–H and O–H groups in total. The highest BCUT2D eigenvalue weighted by Crippen LogP contribution is 2.31. The van der Waals surface area contributed by atoms with Crippen LogP contribution in [0.1, 0.15) is 11.7 Å². The van der Waals surface area contributed by atoms with Crippen LogP contribution in [0.2, 0.25) is 5.02 Å². The second-order valence-electron chi connectivity index (χ2n) is 4.21. The molecule has 5 heteroatoms. The Morgan fingerprint density at radius 3 is 2.37 bits per heavy atom. The number of aryl methyl sites for hydroxylation is 2. The van der Waals surface area contributed by atoms with E-state index < -0.39 is 0 Å². The third-order valence-electron chi connectivity index (χ3n) is 2.80. The lowest BCUT2D eigenvalue weighted by Crippen LogP contribution is -1.76. The molecule has 0 aliphatic heterocycles. The molecule has 4 nitrogen and oxygen atoms in total. The summed E-state index contributed by atoms with van der Waals surface area (Å²) in [5.41, 5.74) is 1.76. The van der Waals surface area contributed by atoms with Gasteiger partial charge in [0, 0.05) is 17.5 Å². The molecule has 0 atom stereocenters. The molecule has 0 radical (unpaired) electrons. The highest BCUT2D eigenvalue weighted by Gasteiger charge is 2.15. The van der Waals surface area contributed by atoms with E-state index in [9.17, 15) is 0 Å². The van der Waals surface area contributed by atoms with E-state index in [2.05, 4.69) is 10.2 Å². The maximum Gasteiger partial charge on any atom is 0.251 e. The lowest BCUT2D eigenvalue weighted by molar-refractivity contribution is 0.524. The van der Waals surface area contributed by atoms with Gasteiger partial charge in [-0.05, 0) is 37.3 Å². The molecular formula is C14H11ClN2O2. The average Bonchev–Trinajstić information content (AvgIpc) is 2.96. The molecule has 96 valence electrons. The van der Waals surface area contributed by atoms with Crippen LogP contribution in [0.5, 0.6) is 0 Å². The fraction of sp³-hybridized carbons (Fsp3) is 0.143. The molecule has 2 aromatic heterocycles. The first-order valence-corrected chi connectivity index (χ1v) is 6.18. The van der Waals surface area contributed by atoms with Gasteiger partial charge < -0.3 is 8.83 Å². The highest BCUT2D eigenvalue weighted by atomic mass is 35.5. The maximum atomic E-state index is 5.87. The van der Waals surface area contributed by atoms with Crippen molar-refractivity contribution in [2.75, 3.05) is 0 Å². The van der Waals surface area contributed by atoms with Gasteiger partial charge in [-0.2, -0.15) is 0 Å². The number of hydrogen-bond acceptors (Lipinski definition) is 4. The summed E-state index contributed by atoms with van der Waals surface area (Å²) in [7, 11) is 0. The molecule has 0 amide bonds. The van der Waals surface area contributed by atoms with E-state index in [0.29, 0.717) is 16.8 Å². The first-order valence-electron chi connectivity index (χ1n) is 5.80. The zero-order valence-electron chi connectivity index (χ0n) is 10.5. The number of hydrogen-bond donors (Lipinski definition) is 0. The third-order valence-corrected chi connectivity index (χ3v) is 3.05. The van der Waals surface area contributed by atoms with Crippen LogP contribution in [0.3, 0.4) is 0 Å². The molecule has 2 heterocycles. The molecule has 1 aromatic carbocycles. The van der Waals surface area contributed by atoms with Gasteiger partial charge in [-0.3, -0.25) is 0 Å². The Kier molecular flexibility index (Phi) is 2.87. The van der Waals surface area contributed by atoms with Crippen molar-refractivity contribution < 1.29 is 8.83 Å². The number of benzene rings is 1. The first kappa shape index (κ1) is 12.0. The Morgan fingerprint density at radius 2 is 1.74 bits per heavy atom. The Morgan fingerprint density at radius 1 is 1.00 bits per heavy atom. The van der Waals surface area contributed by atoms with Gasteiger partial charge in [0.15, 0.2) is 0 Å². The second-order valence-corrected chi connectivity index (χ2v) is 4.65. The normalized spacial score (nSPS) is 10.9. The van der Waals surface area contributed by atoms with Crippen molar-refractivity contribution in [2.24, 2.45) is 0 Å². The third kappa shape index (κ3) is 2.27. The van der Waals surface area contributed by atoms with Crippen molar-refractivity contribution in [3.63, 3.8) is 0 Å². The summed E-state index contributed by atoms with van der Waals surface area (Å²) in [5.74, 6) is 2.50. The molecule has 0 fully saturated rings. The van der Waals surface area contributed by atoms with Crippen LogP contribution < -0.4 is 0 Å². The van der Waals surface area contributed by atoms with Crippen LogP contribution in [0.15, 0.2) is 39.2 Å². The Balaban J connectivity index is 2.04. The quantitative estimate of drug-likeness (QED) is 0.700. The van der Waals surface area contributed by atoms with Gasteiger partial charge in [-0.15, -0.1) is 10.2 Å².